The van der Waals surface area contributed by atoms with Gasteiger partial charge in [-0.25, -0.2) is 14.6 Å². The monoisotopic (exact) mass is 998 g/mol. The number of aromatic nitrogens is 2. The smallest absolute Gasteiger partial charge is 0.313 e. The van der Waals surface area contributed by atoms with Gasteiger partial charge in [-0.15, -0.1) is 5.10 Å². The number of hydrogen-bond donors (Lipinski definition) is 3. The van der Waals surface area contributed by atoms with E-state index in [0.717, 1.165) is 53.5 Å². The molecule has 5 aromatic rings. The Kier molecular flexibility index (Phi) is 15.6. The summed E-state index contributed by atoms with van der Waals surface area (Å²) < 4.78 is 36.8. The maximum atomic E-state index is 15.7. The van der Waals surface area contributed by atoms with Crippen molar-refractivity contribution in [2.75, 3.05) is 31.9 Å². The van der Waals surface area contributed by atoms with Gasteiger partial charge in [-0.3, -0.25) is 19.8 Å². The highest BCUT2D eigenvalue weighted by molar-refractivity contribution is 9.12. The number of nitriles is 3. The molecule has 0 unspecified atom stereocenters. The summed E-state index contributed by atoms with van der Waals surface area (Å²) >= 11 is 2.45. The molecule has 69 heavy (non-hydrogen) atoms. The van der Waals surface area contributed by atoms with Crippen LogP contribution in [0.4, 0.5) is 14.8 Å². The van der Waals surface area contributed by atoms with Crippen molar-refractivity contribution in [3.05, 3.63) is 134 Å². The molecule has 4 fully saturated rings. The van der Waals surface area contributed by atoms with E-state index in [-0.39, 0.29) is 56.6 Å². The minimum Gasteiger partial charge on any atom is -0.404 e. The van der Waals surface area contributed by atoms with E-state index in [1.807, 2.05) is 32.0 Å². The Bertz CT molecular complexity index is 2830. The third-order valence-corrected chi connectivity index (χ3v) is 13.6. The number of amides is 3. The maximum Gasteiger partial charge on any atom is 0.313 e. The minimum absolute atomic E-state index is 0.0117. The Hall–Kier alpha value is -7.00. The lowest BCUT2D eigenvalue weighted by atomic mass is 9.85. The first-order valence-corrected chi connectivity index (χ1v) is 23.9. The van der Waals surface area contributed by atoms with Gasteiger partial charge in [0.25, 0.3) is 17.7 Å². The molecule has 9 rings (SSSR count). The number of hydrazine groups is 1. The molecule has 356 valence electrons. The number of piperidine rings is 2. The molecule has 4 aromatic carbocycles. The molecule has 14 nitrogen and oxygen atoms in total. The Morgan fingerprint density at radius 3 is 1.51 bits per heavy atom. The minimum atomic E-state index is -1.53. The maximum absolute atomic E-state index is 15.7. The Balaban J connectivity index is 0.000000193. The van der Waals surface area contributed by atoms with Crippen LogP contribution in [0.3, 0.4) is 0 Å². The molecule has 2 aliphatic carbocycles. The van der Waals surface area contributed by atoms with Gasteiger partial charge in [0.05, 0.1) is 23.3 Å². The highest BCUT2D eigenvalue weighted by Crippen LogP contribution is 2.46. The zero-order valence-electron chi connectivity index (χ0n) is 38.5. The van der Waals surface area contributed by atoms with Crippen LogP contribution in [0.25, 0.3) is 11.5 Å². The summed E-state index contributed by atoms with van der Waals surface area (Å²) in [6.07, 6.45) is 6.39. The van der Waals surface area contributed by atoms with Crippen molar-refractivity contribution < 1.29 is 27.6 Å². The largest absolute Gasteiger partial charge is 0.404 e. The first-order chi connectivity index (χ1) is 33.2. The van der Waals surface area contributed by atoms with Gasteiger partial charge >= 0.3 is 6.01 Å². The fraction of sp³-hybridized carbons (Fsp3) is 0.385. The molecule has 5 N–H and O–H groups in total. The summed E-state index contributed by atoms with van der Waals surface area (Å²) in [6, 6.07) is 24.8. The summed E-state index contributed by atoms with van der Waals surface area (Å²) in [6.45, 7) is 5.19. The average molecular weight is 1000 g/mol. The molecule has 2 saturated carbocycles. The van der Waals surface area contributed by atoms with E-state index < -0.39 is 17.2 Å². The van der Waals surface area contributed by atoms with Crippen molar-refractivity contribution in [1.29, 1.82) is 15.8 Å². The second-order valence-electron chi connectivity index (χ2n) is 17.8. The molecule has 3 heterocycles. The molecule has 0 atom stereocenters. The standard InChI is InChI=1S/C26H26FN5O2.C25H27FN4O2.CBrN/c1-2-17-13-20(18-5-6-18)22(23-30-31-25(29)34-23)14-21(17)24(33)32-11-9-26(27,10-12-32)19-7-3-16(15-28)4-8-19;1-2-17-13-20(18-5-6-18)22(23(31)29-28)14-21(17)24(32)30-11-9-25(26,10-12-30)19-7-3-16(15-27)4-8-19;2-1-3/h3-4,7-8,13-14,18H,2,5-6,9-12H2,1H3,(H2,29,31);3-4,7-8,13-14,18H,2,5-6,9-12,28H2,1H3,(H,29,31);. The molecule has 4 aliphatic rings. The summed E-state index contributed by atoms with van der Waals surface area (Å²) in [5.41, 5.74) is 13.1. The number of halogens is 3. The zero-order chi connectivity index (χ0) is 49.5. The van der Waals surface area contributed by atoms with E-state index in [9.17, 15) is 14.4 Å². The first kappa shape index (κ1) is 49.9. The lowest BCUT2D eigenvalue weighted by molar-refractivity contribution is 0.0412. The molecule has 2 saturated heterocycles. The van der Waals surface area contributed by atoms with Crippen LogP contribution in [-0.2, 0) is 24.2 Å². The van der Waals surface area contributed by atoms with Crippen molar-refractivity contribution >= 4 is 39.7 Å². The van der Waals surface area contributed by atoms with E-state index in [1.54, 1.807) is 69.4 Å². The van der Waals surface area contributed by atoms with E-state index in [2.05, 4.69) is 43.7 Å². The summed E-state index contributed by atoms with van der Waals surface area (Å²) in [5.74, 6) is 5.77. The number of aryl methyl sites for hydroxylation is 2. The highest BCUT2D eigenvalue weighted by Gasteiger charge is 2.40. The van der Waals surface area contributed by atoms with Crippen LogP contribution in [0.1, 0.15) is 153 Å². The molecule has 2 aliphatic heterocycles. The zero-order valence-corrected chi connectivity index (χ0v) is 40.1. The van der Waals surface area contributed by atoms with Gasteiger partial charge in [-0.2, -0.15) is 15.8 Å². The quantitative estimate of drug-likeness (QED) is 0.0678. The van der Waals surface area contributed by atoms with Crippen molar-refractivity contribution in [3.63, 3.8) is 0 Å². The van der Waals surface area contributed by atoms with Crippen molar-refractivity contribution in [3.8, 4) is 28.6 Å². The van der Waals surface area contributed by atoms with Gasteiger partial charge in [0, 0.05) is 90.0 Å². The SMILES string of the molecule is CCc1cc(C2CC2)c(-c2nnc(N)o2)cc1C(=O)N1CCC(F)(c2ccc(C#N)cc2)CC1.CCc1cc(C2CC2)c(C(=O)NN)cc1C(=O)N1CCC(F)(c2ccc(C#N)cc2)CC1.N#CBr. The van der Waals surface area contributed by atoms with Crippen molar-refractivity contribution in [2.45, 2.75) is 101 Å². The second-order valence-corrected chi connectivity index (χ2v) is 18.2. The molecule has 17 heteroatoms. The Morgan fingerprint density at radius 2 is 1.13 bits per heavy atom. The number of nitrogens with two attached hydrogens (primary N) is 2. The van der Waals surface area contributed by atoms with Crippen LogP contribution in [0.15, 0.2) is 77.2 Å². The van der Waals surface area contributed by atoms with E-state index in [1.165, 1.54) is 0 Å². The number of anilines is 1. The number of likely N-dealkylation sites (tertiary alicyclic amines) is 2. The van der Waals surface area contributed by atoms with Gasteiger partial charge in [0.1, 0.15) is 16.3 Å². The van der Waals surface area contributed by atoms with E-state index in [4.69, 9.17) is 31.8 Å². The number of nitrogens with zero attached hydrogens (tertiary/aromatic N) is 7. The van der Waals surface area contributed by atoms with Gasteiger partial charge in [0.2, 0.25) is 5.89 Å². The molecular formula is C52H53BrF2N10O4. The highest BCUT2D eigenvalue weighted by atomic mass is 79.9. The number of rotatable bonds is 10. The first-order valence-electron chi connectivity index (χ1n) is 23.1. The molecule has 0 radical (unpaired) electrons. The third-order valence-electron chi connectivity index (χ3n) is 13.6. The second kappa shape index (κ2) is 21.5. The summed E-state index contributed by atoms with van der Waals surface area (Å²) in [7, 11) is 0. The fourth-order valence-electron chi connectivity index (χ4n) is 9.31. The molecular weight excluding hydrogens is 947 g/mol. The van der Waals surface area contributed by atoms with Crippen LogP contribution in [0.2, 0.25) is 0 Å². The number of carbonyl (C=O) groups excluding carboxylic acids is 3. The number of nitrogen functional groups attached to an aromatic ring is 2. The van der Waals surface area contributed by atoms with Crippen LogP contribution >= 0.6 is 15.9 Å². The summed E-state index contributed by atoms with van der Waals surface area (Å²) in [5, 5.41) is 33.0. The predicted octanol–water partition coefficient (Wildman–Crippen LogP) is 9.30. The van der Waals surface area contributed by atoms with Gasteiger partial charge < -0.3 is 20.0 Å². The van der Waals surface area contributed by atoms with Crippen LogP contribution in [0, 0.1) is 32.9 Å². The number of nitrogens with one attached hydrogen (secondary N) is 1. The molecule has 0 bridgehead atoms. The Morgan fingerprint density at radius 1 is 0.710 bits per heavy atom. The number of hydrogen-bond acceptors (Lipinski definition) is 11. The number of benzene rings is 4. The van der Waals surface area contributed by atoms with Crippen LogP contribution in [0.5, 0.6) is 0 Å². The molecule has 0 spiro atoms. The lowest BCUT2D eigenvalue weighted by Crippen LogP contribution is -2.43. The van der Waals surface area contributed by atoms with Gasteiger partial charge in [-0.05, 0) is 120 Å². The number of carbonyl (C=O) groups is 3. The fourth-order valence-corrected chi connectivity index (χ4v) is 9.31. The molecule has 3 amide bonds. The predicted molar refractivity (Wildman–Crippen MR) is 258 cm³/mol. The Labute approximate surface area is 408 Å². The lowest BCUT2D eigenvalue weighted by Gasteiger charge is -2.37. The third kappa shape index (κ3) is 11.2. The van der Waals surface area contributed by atoms with Crippen LogP contribution in [-0.4, -0.2) is 63.9 Å². The van der Waals surface area contributed by atoms with Crippen molar-refractivity contribution in [2.24, 2.45) is 5.84 Å². The van der Waals surface area contributed by atoms with Gasteiger partial charge in [-0.1, -0.05) is 55.3 Å². The topological polar surface area (TPSA) is 232 Å². The van der Waals surface area contributed by atoms with E-state index >= 15 is 8.78 Å². The average Bonchev–Trinajstić information content (AvgIpc) is 4.34. The van der Waals surface area contributed by atoms with Crippen molar-refractivity contribution in [1.82, 2.24) is 25.4 Å². The normalized spacial score (nSPS) is 16.8. The number of alkyl halides is 2. The molecule has 1 aromatic heterocycles. The summed E-state index contributed by atoms with van der Waals surface area (Å²) in [4.78, 5) is 44.3. The van der Waals surface area contributed by atoms with E-state index in [0.29, 0.717) is 82.6 Å². The van der Waals surface area contributed by atoms with Crippen LogP contribution < -0.4 is 17.0 Å². The van der Waals surface area contributed by atoms with Gasteiger partial charge in [0.15, 0.2) is 0 Å².